The predicted molar refractivity (Wildman–Crippen MR) is 90.3 cm³/mol. The summed E-state index contributed by atoms with van der Waals surface area (Å²) < 4.78 is 0. The molecule has 0 atom stereocenters. The molecule has 1 amide bonds. The topological polar surface area (TPSA) is 72.2 Å². The first-order valence-corrected chi connectivity index (χ1v) is 7.37. The largest absolute Gasteiger partial charge is 0.352 e. The number of nitro benzene ring substituents is 1. The van der Waals surface area contributed by atoms with E-state index in [0.717, 1.165) is 5.56 Å². The lowest BCUT2D eigenvalue weighted by atomic mass is 10.1. The molecule has 2 rings (SSSR count). The maximum atomic E-state index is 11.7. The molecule has 0 radical (unpaired) electrons. The normalized spacial score (nSPS) is 10.7. The van der Waals surface area contributed by atoms with Crippen molar-refractivity contribution in [2.45, 2.75) is 6.42 Å². The van der Waals surface area contributed by atoms with E-state index in [1.807, 2.05) is 12.1 Å². The van der Waals surface area contributed by atoms with Crippen LogP contribution in [-0.2, 0) is 11.2 Å². The van der Waals surface area contributed by atoms with E-state index < -0.39 is 4.92 Å². The molecular formula is C17H15ClN2O3. The van der Waals surface area contributed by atoms with E-state index >= 15 is 0 Å². The number of carbonyl (C=O) groups is 1. The number of hydrogen-bond donors (Lipinski definition) is 1. The van der Waals surface area contributed by atoms with Crippen LogP contribution < -0.4 is 5.32 Å². The Morgan fingerprint density at radius 1 is 1.22 bits per heavy atom. The molecule has 0 aromatic heterocycles. The quantitative estimate of drug-likeness (QED) is 0.499. The highest BCUT2D eigenvalue weighted by Gasteiger charge is 2.04. The summed E-state index contributed by atoms with van der Waals surface area (Å²) in [5, 5.41) is 14.1. The summed E-state index contributed by atoms with van der Waals surface area (Å²) in [7, 11) is 0. The van der Waals surface area contributed by atoms with Crippen molar-refractivity contribution in [1.82, 2.24) is 5.32 Å². The van der Waals surface area contributed by atoms with E-state index in [0.29, 0.717) is 23.6 Å². The van der Waals surface area contributed by atoms with Gasteiger partial charge in [0.25, 0.3) is 5.69 Å². The number of hydrogen-bond acceptors (Lipinski definition) is 3. The van der Waals surface area contributed by atoms with Gasteiger partial charge in [0.1, 0.15) is 0 Å². The molecule has 0 bridgehead atoms. The number of nitro groups is 1. The smallest absolute Gasteiger partial charge is 0.270 e. The lowest BCUT2D eigenvalue weighted by Gasteiger charge is -2.03. The molecular weight excluding hydrogens is 316 g/mol. The van der Waals surface area contributed by atoms with Crippen molar-refractivity contribution in [3.05, 3.63) is 80.9 Å². The van der Waals surface area contributed by atoms with Crippen molar-refractivity contribution < 1.29 is 9.72 Å². The summed E-state index contributed by atoms with van der Waals surface area (Å²) in [6.07, 6.45) is 3.61. The number of nitrogens with one attached hydrogen (secondary N) is 1. The number of amides is 1. The lowest BCUT2D eigenvalue weighted by molar-refractivity contribution is -0.384. The van der Waals surface area contributed by atoms with Gasteiger partial charge in [-0.05, 0) is 35.8 Å². The number of carbonyl (C=O) groups excluding carboxylic acids is 1. The maximum Gasteiger partial charge on any atom is 0.270 e. The summed E-state index contributed by atoms with van der Waals surface area (Å²) in [5.41, 5.74) is 1.68. The number of rotatable bonds is 6. The fourth-order valence-electron chi connectivity index (χ4n) is 1.95. The van der Waals surface area contributed by atoms with E-state index in [1.54, 1.807) is 30.3 Å². The minimum atomic E-state index is -0.469. The Kier molecular flexibility index (Phi) is 5.88. The Morgan fingerprint density at radius 2 is 1.96 bits per heavy atom. The van der Waals surface area contributed by atoms with Gasteiger partial charge < -0.3 is 5.32 Å². The van der Waals surface area contributed by atoms with Crippen molar-refractivity contribution in [2.24, 2.45) is 0 Å². The summed E-state index contributed by atoms with van der Waals surface area (Å²) in [4.78, 5) is 21.9. The maximum absolute atomic E-state index is 11.7. The number of non-ortho nitro benzene ring substituents is 1. The molecule has 118 valence electrons. The molecule has 0 aliphatic heterocycles. The molecule has 5 nitrogen and oxygen atoms in total. The van der Waals surface area contributed by atoms with Gasteiger partial charge in [-0.25, -0.2) is 0 Å². The third-order valence-electron chi connectivity index (χ3n) is 3.13. The molecule has 0 saturated heterocycles. The van der Waals surface area contributed by atoms with Crippen LogP contribution in [0.15, 0.2) is 54.6 Å². The number of nitrogens with zero attached hydrogens (tertiary/aromatic N) is 1. The van der Waals surface area contributed by atoms with Gasteiger partial charge in [0.2, 0.25) is 5.91 Å². The van der Waals surface area contributed by atoms with Crippen LogP contribution in [0.25, 0.3) is 6.08 Å². The lowest BCUT2D eigenvalue weighted by Crippen LogP contribution is -2.23. The molecule has 0 aliphatic carbocycles. The van der Waals surface area contributed by atoms with Crippen LogP contribution in [0.1, 0.15) is 11.1 Å². The minimum absolute atomic E-state index is 0.00436. The molecule has 0 saturated carbocycles. The zero-order valence-corrected chi connectivity index (χ0v) is 13.0. The van der Waals surface area contributed by atoms with Crippen molar-refractivity contribution >= 4 is 29.3 Å². The Bertz CT molecular complexity index is 727. The van der Waals surface area contributed by atoms with Crippen LogP contribution >= 0.6 is 11.6 Å². The van der Waals surface area contributed by atoms with Crippen LogP contribution in [0.5, 0.6) is 0 Å². The monoisotopic (exact) mass is 330 g/mol. The second kappa shape index (κ2) is 8.10. The van der Waals surface area contributed by atoms with Gasteiger partial charge in [0, 0.05) is 29.8 Å². The molecule has 23 heavy (non-hydrogen) atoms. The molecule has 6 heteroatoms. The highest BCUT2D eigenvalue weighted by atomic mass is 35.5. The number of halogens is 1. The van der Waals surface area contributed by atoms with E-state index in [2.05, 4.69) is 5.32 Å². The third kappa shape index (κ3) is 5.56. The van der Waals surface area contributed by atoms with Gasteiger partial charge >= 0.3 is 0 Å². The Morgan fingerprint density at radius 3 is 2.65 bits per heavy atom. The molecule has 0 fully saturated rings. The highest BCUT2D eigenvalue weighted by Crippen LogP contribution is 2.14. The third-order valence-corrected chi connectivity index (χ3v) is 3.39. The van der Waals surface area contributed by atoms with Gasteiger partial charge in [-0.15, -0.1) is 0 Å². The summed E-state index contributed by atoms with van der Waals surface area (Å²) in [6, 6.07) is 13.5. The van der Waals surface area contributed by atoms with E-state index in [4.69, 9.17) is 11.6 Å². The van der Waals surface area contributed by atoms with E-state index in [-0.39, 0.29) is 11.6 Å². The number of benzene rings is 2. The first kappa shape index (κ1) is 16.7. The van der Waals surface area contributed by atoms with Crippen molar-refractivity contribution in [2.75, 3.05) is 6.54 Å². The average molecular weight is 331 g/mol. The molecule has 1 N–H and O–H groups in total. The van der Waals surface area contributed by atoms with E-state index in [1.165, 1.54) is 18.2 Å². The highest BCUT2D eigenvalue weighted by molar-refractivity contribution is 6.30. The second-order valence-corrected chi connectivity index (χ2v) is 5.29. The Balaban J connectivity index is 1.83. The Labute approximate surface area is 138 Å². The first-order valence-electron chi connectivity index (χ1n) is 6.99. The fourth-order valence-corrected chi connectivity index (χ4v) is 2.08. The van der Waals surface area contributed by atoms with Gasteiger partial charge in [0.15, 0.2) is 0 Å². The summed E-state index contributed by atoms with van der Waals surface area (Å²) >= 11 is 5.81. The van der Waals surface area contributed by atoms with Crippen LogP contribution in [0.3, 0.4) is 0 Å². The molecule has 2 aromatic carbocycles. The standard InChI is InChI=1S/C17H15ClN2O3/c18-15-7-4-13(5-8-15)10-11-19-17(21)9-6-14-2-1-3-16(12-14)20(22)23/h1-9,12H,10-11H2,(H,19,21). The molecule has 0 unspecified atom stereocenters. The van der Waals surface area contributed by atoms with Gasteiger partial charge in [0.05, 0.1) is 4.92 Å². The van der Waals surface area contributed by atoms with Gasteiger partial charge in [-0.3, -0.25) is 14.9 Å². The average Bonchev–Trinajstić information content (AvgIpc) is 2.55. The zero-order valence-electron chi connectivity index (χ0n) is 12.2. The van der Waals surface area contributed by atoms with Crippen molar-refractivity contribution in [3.8, 4) is 0 Å². The first-order chi connectivity index (χ1) is 11.0. The summed E-state index contributed by atoms with van der Waals surface area (Å²) in [6.45, 7) is 0.500. The zero-order chi connectivity index (χ0) is 16.7. The SMILES string of the molecule is O=C(C=Cc1cccc([N+](=O)[O-])c1)NCCc1ccc(Cl)cc1. The van der Waals surface area contributed by atoms with Crippen molar-refractivity contribution in [3.63, 3.8) is 0 Å². The van der Waals surface area contributed by atoms with Crippen LogP contribution in [0.2, 0.25) is 5.02 Å². The Hall–Kier alpha value is -2.66. The predicted octanol–water partition coefficient (Wildman–Crippen LogP) is 3.62. The van der Waals surface area contributed by atoms with E-state index in [9.17, 15) is 14.9 Å². The van der Waals surface area contributed by atoms with Crippen LogP contribution in [0.4, 0.5) is 5.69 Å². The fraction of sp³-hybridized carbons (Fsp3) is 0.118. The minimum Gasteiger partial charge on any atom is -0.352 e. The molecule has 0 heterocycles. The van der Waals surface area contributed by atoms with Crippen LogP contribution in [0, 0.1) is 10.1 Å². The van der Waals surface area contributed by atoms with Crippen LogP contribution in [-0.4, -0.2) is 17.4 Å². The van der Waals surface area contributed by atoms with Gasteiger partial charge in [-0.1, -0.05) is 35.9 Å². The van der Waals surface area contributed by atoms with Crippen molar-refractivity contribution in [1.29, 1.82) is 0 Å². The summed E-state index contributed by atoms with van der Waals surface area (Å²) in [5.74, 6) is -0.245. The molecule has 0 aliphatic rings. The molecule has 2 aromatic rings. The second-order valence-electron chi connectivity index (χ2n) is 4.85. The molecule has 0 spiro atoms. The van der Waals surface area contributed by atoms with Gasteiger partial charge in [-0.2, -0.15) is 0 Å².